The van der Waals surface area contributed by atoms with Gasteiger partial charge in [-0.25, -0.2) is 0 Å². The van der Waals surface area contributed by atoms with Crippen LogP contribution < -0.4 is 5.73 Å². The largest absolute Gasteiger partial charge is 0.403 e. The van der Waals surface area contributed by atoms with Crippen LogP contribution in [0.1, 0.15) is 19.3 Å². The molecule has 0 spiro atoms. The molecular weight excluding hydrogens is 143 g/mol. The second kappa shape index (κ2) is 2.42. The van der Waals surface area contributed by atoms with Crippen LogP contribution in [0.5, 0.6) is 0 Å². The minimum Gasteiger partial charge on any atom is -0.320 e. The van der Waals surface area contributed by atoms with Crippen molar-refractivity contribution in [1.82, 2.24) is 0 Å². The van der Waals surface area contributed by atoms with Crippen LogP contribution in [0.3, 0.4) is 0 Å². The highest BCUT2D eigenvalue weighted by Crippen LogP contribution is 2.35. The quantitative estimate of drug-likeness (QED) is 0.609. The molecule has 0 amide bonds. The van der Waals surface area contributed by atoms with Gasteiger partial charge in [-0.1, -0.05) is 6.42 Å². The number of hydrogen-bond donors (Lipinski definition) is 1. The molecule has 0 aromatic rings. The van der Waals surface area contributed by atoms with E-state index in [0.29, 0.717) is 12.8 Å². The highest BCUT2D eigenvalue weighted by Gasteiger charge is 2.43. The SMILES string of the molecule is N[C@@H](C1CCC1)C(F)(F)F. The van der Waals surface area contributed by atoms with Crippen LogP contribution in [0.2, 0.25) is 0 Å². The third kappa shape index (κ3) is 1.42. The van der Waals surface area contributed by atoms with Crippen molar-refractivity contribution < 1.29 is 13.2 Å². The van der Waals surface area contributed by atoms with E-state index in [1.54, 1.807) is 0 Å². The molecule has 0 aliphatic heterocycles. The topological polar surface area (TPSA) is 26.0 Å². The first kappa shape index (κ1) is 7.85. The molecule has 0 radical (unpaired) electrons. The van der Waals surface area contributed by atoms with Crippen molar-refractivity contribution in [1.29, 1.82) is 0 Å². The molecule has 1 aliphatic rings. The number of hydrogen-bond acceptors (Lipinski definition) is 1. The molecule has 0 heterocycles. The van der Waals surface area contributed by atoms with E-state index in [1.165, 1.54) is 0 Å². The summed E-state index contributed by atoms with van der Waals surface area (Å²) in [5.74, 6) is -0.306. The summed E-state index contributed by atoms with van der Waals surface area (Å²) in [7, 11) is 0. The van der Waals surface area contributed by atoms with Crippen LogP contribution >= 0.6 is 0 Å². The zero-order valence-electron chi connectivity index (χ0n) is 5.49. The number of nitrogens with two attached hydrogens (primary N) is 1. The van der Waals surface area contributed by atoms with Crippen LogP contribution in [0.15, 0.2) is 0 Å². The minimum atomic E-state index is -4.19. The van der Waals surface area contributed by atoms with E-state index in [9.17, 15) is 13.2 Å². The fourth-order valence-electron chi connectivity index (χ4n) is 1.07. The van der Waals surface area contributed by atoms with Gasteiger partial charge in [-0.3, -0.25) is 0 Å². The van der Waals surface area contributed by atoms with Crippen molar-refractivity contribution >= 4 is 0 Å². The third-order valence-electron chi connectivity index (χ3n) is 2.04. The van der Waals surface area contributed by atoms with E-state index in [1.807, 2.05) is 0 Å². The Labute approximate surface area is 57.4 Å². The van der Waals surface area contributed by atoms with Gasteiger partial charge in [0.05, 0.1) is 0 Å². The number of alkyl halides is 3. The van der Waals surface area contributed by atoms with E-state index >= 15 is 0 Å². The monoisotopic (exact) mass is 153 g/mol. The molecule has 1 saturated carbocycles. The second-order valence-corrected chi connectivity index (χ2v) is 2.76. The molecule has 0 unspecified atom stereocenters. The van der Waals surface area contributed by atoms with Gasteiger partial charge in [-0.05, 0) is 18.8 Å². The summed E-state index contributed by atoms with van der Waals surface area (Å²) in [6.45, 7) is 0. The van der Waals surface area contributed by atoms with Crippen molar-refractivity contribution in [2.75, 3.05) is 0 Å². The first-order valence-electron chi connectivity index (χ1n) is 3.34. The lowest BCUT2D eigenvalue weighted by Crippen LogP contribution is -2.46. The molecule has 1 aliphatic carbocycles. The van der Waals surface area contributed by atoms with Gasteiger partial charge in [-0.15, -0.1) is 0 Å². The Balaban J connectivity index is 2.39. The van der Waals surface area contributed by atoms with E-state index in [4.69, 9.17) is 5.73 Å². The molecule has 4 heteroatoms. The molecule has 10 heavy (non-hydrogen) atoms. The third-order valence-corrected chi connectivity index (χ3v) is 2.04. The van der Waals surface area contributed by atoms with Gasteiger partial charge in [0.15, 0.2) is 0 Å². The van der Waals surface area contributed by atoms with E-state index in [0.717, 1.165) is 6.42 Å². The maximum absolute atomic E-state index is 11.8. The number of rotatable bonds is 1. The zero-order valence-corrected chi connectivity index (χ0v) is 5.49. The Morgan fingerprint density at radius 3 is 1.90 bits per heavy atom. The molecule has 1 atom stereocenters. The Morgan fingerprint density at radius 2 is 1.80 bits per heavy atom. The molecule has 1 rings (SSSR count). The second-order valence-electron chi connectivity index (χ2n) is 2.76. The average molecular weight is 153 g/mol. The van der Waals surface area contributed by atoms with Crippen molar-refractivity contribution in [2.24, 2.45) is 11.7 Å². The molecular formula is C6H10F3N. The van der Waals surface area contributed by atoms with E-state index in [2.05, 4.69) is 0 Å². The lowest BCUT2D eigenvalue weighted by atomic mass is 9.80. The van der Waals surface area contributed by atoms with Gasteiger partial charge in [0.2, 0.25) is 0 Å². The summed E-state index contributed by atoms with van der Waals surface area (Å²) in [5.41, 5.74) is 4.93. The van der Waals surface area contributed by atoms with Crippen LogP contribution in [0, 0.1) is 5.92 Å². The molecule has 0 aromatic heterocycles. The molecule has 60 valence electrons. The Kier molecular flexibility index (Phi) is 1.90. The van der Waals surface area contributed by atoms with Gasteiger partial charge in [0.25, 0.3) is 0 Å². The van der Waals surface area contributed by atoms with Gasteiger partial charge in [-0.2, -0.15) is 13.2 Å². The maximum Gasteiger partial charge on any atom is 0.403 e. The lowest BCUT2D eigenvalue weighted by Gasteiger charge is -2.32. The zero-order chi connectivity index (χ0) is 7.78. The van der Waals surface area contributed by atoms with Gasteiger partial charge >= 0.3 is 6.18 Å². The minimum absolute atomic E-state index is 0.306. The summed E-state index contributed by atoms with van der Waals surface area (Å²) in [6, 6.07) is -1.58. The summed E-state index contributed by atoms with van der Waals surface area (Å²) >= 11 is 0. The summed E-state index contributed by atoms with van der Waals surface area (Å²) < 4.78 is 35.4. The first-order chi connectivity index (χ1) is 4.52. The van der Waals surface area contributed by atoms with Gasteiger partial charge in [0, 0.05) is 0 Å². The standard InChI is InChI=1S/C6H10F3N/c7-6(8,9)5(10)4-2-1-3-4/h4-5H,1-3,10H2/t5-/m0/s1. The fourth-order valence-corrected chi connectivity index (χ4v) is 1.07. The summed E-state index contributed by atoms with van der Waals surface area (Å²) in [6.07, 6.45) is -2.01. The Morgan fingerprint density at radius 1 is 1.30 bits per heavy atom. The van der Waals surface area contributed by atoms with Crippen molar-refractivity contribution in [2.45, 2.75) is 31.5 Å². The Bertz CT molecular complexity index is 117. The molecule has 0 bridgehead atoms. The molecule has 0 saturated heterocycles. The average Bonchev–Trinajstić information content (AvgIpc) is 1.57. The summed E-state index contributed by atoms with van der Waals surface area (Å²) in [5, 5.41) is 0. The fraction of sp³-hybridized carbons (Fsp3) is 1.00. The van der Waals surface area contributed by atoms with E-state index < -0.39 is 12.2 Å². The van der Waals surface area contributed by atoms with Crippen molar-refractivity contribution in [3.05, 3.63) is 0 Å². The highest BCUT2D eigenvalue weighted by molar-refractivity contribution is 4.84. The van der Waals surface area contributed by atoms with Crippen LogP contribution in [-0.4, -0.2) is 12.2 Å². The van der Waals surface area contributed by atoms with E-state index in [-0.39, 0.29) is 5.92 Å². The molecule has 1 fully saturated rings. The predicted octanol–water partition coefficient (Wildman–Crippen LogP) is 1.68. The van der Waals surface area contributed by atoms with Gasteiger partial charge in [0.1, 0.15) is 6.04 Å². The number of halogens is 3. The van der Waals surface area contributed by atoms with Crippen LogP contribution in [0.4, 0.5) is 13.2 Å². The normalized spacial score (nSPS) is 24.0. The van der Waals surface area contributed by atoms with Crippen LogP contribution in [0.25, 0.3) is 0 Å². The van der Waals surface area contributed by atoms with Crippen molar-refractivity contribution in [3.63, 3.8) is 0 Å². The lowest BCUT2D eigenvalue weighted by molar-refractivity contribution is -0.164. The smallest absolute Gasteiger partial charge is 0.320 e. The molecule has 2 N–H and O–H groups in total. The summed E-state index contributed by atoms with van der Waals surface area (Å²) in [4.78, 5) is 0. The predicted molar refractivity (Wildman–Crippen MR) is 31.4 cm³/mol. The first-order valence-corrected chi connectivity index (χ1v) is 3.34. The van der Waals surface area contributed by atoms with Gasteiger partial charge < -0.3 is 5.73 Å². The molecule has 0 aromatic carbocycles. The molecule has 1 nitrogen and oxygen atoms in total. The highest BCUT2D eigenvalue weighted by atomic mass is 19.4. The maximum atomic E-state index is 11.8. The Hall–Kier alpha value is -0.250. The van der Waals surface area contributed by atoms with Crippen LogP contribution in [-0.2, 0) is 0 Å². The van der Waals surface area contributed by atoms with Crippen molar-refractivity contribution in [3.8, 4) is 0 Å².